The number of nitrogens with zero attached hydrogens (tertiary/aromatic N) is 1. The maximum Gasteiger partial charge on any atom is 0.234 e. The minimum Gasteiger partial charge on any atom is -0.350 e. The Kier molecular flexibility index (Phi) is 5.40. The van der Waals surface area contributed by atoms with Crippen molar-refractivity contribution < 1.29 is 4.79 Å². The second kappa shape index (κ2) is 6.36. The molecule has 0 radical (unpaired) electrons. The lowest BCUT2D eigenvalue weighted by molar-refractivity contribution is -0.124. The average molecular weight is 241 g/mol. The molecule has 0 spiro atoms. The molecule has 0 saturated heterocycles. The maximum absolute atomic E-state index is 11.9. The SMILES string of the molecule is CC(C)(C)NC(=O)CN(CCN)C1CCCC1. The molecule has 1 aliphatic carbocycles. The van der Waals surface area contributed by atoms with Crippen molar-refractivity contribution in [3.8, 4) is 0 Å². The molecule has 1 saturated carbocycles. The molecule has 0 aromatic heterocycles. The Labute approximate surface area is 105 Å². The van der Waals surface area contributed by atoms with Crippen molar-refractivity contribution in [2.75, 3.05) is 19.6 Å². The first-order valence-corrected chi connectivity index (χ1v) is 6.67. The lowest BCUT2D eigenvalue weighted by Gasteiger charge is -2.29. The van der Waals surface area contributed by atoms with Crippen molar-refractivity contribution in [2.45, 2.75) is 58.0 Å². The zero-order valence-electron chi connectivity index (χ0n) is 11.5. The summed E-state index contributed by atoms with van der Waals surface area (Å²) in [6.45, 7) is 7.95. The summed E-state index contributed by atoms with van der Waals surface area (Å²) in [5.74, 6) is 0.109. The van der Waals surface area contributed by atoms with Gasteiger partial charge in [-0.3, -0.25) is 9.69 Å². The molecule has 1 aliphatic rings. The van der Waals surface area contributed by atoms with Gasteiger partial charge < -0.3 is 11.1 Å². The largest absolute Gasteiger partial charge is 0.350 e. The Bertz CT molecular complexity index is 242. The van der Waals surface area contributed by atoms with Crippen LogP contribution in [0.5, 0.6) is 0 Å². The molecule has 0 unspecified atom stereocenters. The van der Waals surface area contributed by atoms with E-state index in [1.165, 1.54) is 25.7 Å². The van der Waals surface area contributed by atoms with Gasteiger partial charge in [-0.15, -0.1) is 0 Å². The Hall–Kier alpha value is -0.610. The monoisotopic (exact) mass is 241 g/mol. The van der Waals surface area contributed by atoms with E-state index >= 15 is 0 Å². The summed E-state index contributed by atoms with van der Waals surface area (Å²) in [5.41, 5.74) is 5.47. The Balaban J connectivity index is 2.45. The van der Waals surface area contributed by atoms with Crippen LogP contribution in [0.15, 0.2) is 0 Å². The van der Waals surface area contributed by atoms with E-state index in [4.69, 9.17) is 5.73 Å². The van der Waals surface area contributed by atoms with Gasteiger partial charge in [0.05, 0.1) is 6.54 Å². The molecule has 0 bridgehead atoms. The molecular formula is C13H27N3O. The summed E-state index contributed by atoms with van der Waals surface area (Å²) < 4.78 is 0. The fourth-order valence-corrected chi connectivity index (χ4v) is 2.47. The predicted octanol–water partition coefficient (Wildman–Crippen LogP) is 1.10. The van der Waals surface area contributed by atoms with E-state index in [0.717, 1.165) is 6.54 Å². The van der Waals surface area contributed by atoms with Crippen LogP contribution in [0.3, 0.4) is 0 Å². The van der Waals surface area contributed by atoms with E-state index in [2.05, 4.69) is 10.2 Å². The van der Waals surface area contributed by atoms with Gasteiger partial charge in [0.2, 0.25) is 5.91 Å². The average Bonchev–Trinajstić information content (AvgIpc) is 2.66. The molecule has 1 rings (SSSR count). The van der Waals surface area contributed by atoms with Crippen LogP contribution in [0.4, 0.5) is 0 Å². The molecule has 0 heterocycles. The molecule has 0 aromatic carbocycles. The first-order valence-electron chi connectivity index (χ1n) is 6.67. The molecule has 17 heavy (non-hydrogen) atoms. The van der Waals surface area contributed by atoms with Crippen LogP contribution in [0.2, 0.25) is 0 Å². The minimum absolute atomic E-state index is 0.109. The zero-order chi connectivity index (χ0) is 12.9. The van der Waals surface area contributed by atoms with E-state index in [0.29, 0.717) is 19.1 Å². The normalized spacial score (nSPS) is 17.7. The quantitative estimate of drug-likeness (QED) is 0.758. The highest BCUT2D eigenvalue weighted by Crippen LogP contribution is 2.22. The van der Waals surface area contributed by atoms with Crippen LogP contribution >= 0.6 is 0 Å². The number of carbonyl (C=O) groups is 1. The van der Waals surface area contributed by atoms with E-state index in [9.17, 15) is 4.79 Å². The summed E-state index contributed by atoms with van der Waals surface area (Å²) in [6.07, 6.45) is 4.99. The second-order valence-electron chi connectivity index (χ2n) is 6.00. The molecule has 4 nitrogen and oxygen atoms in total. The number of nitrogens with two attached hydrogens (primary N) is 1. The summed E-state index contributed by atoms with van der Waals surface area (Å²) in [5, 5.41) is 3.01. The third-order valence-corrected chi connectivity index (χ3v) is 3.12. The number of hydrogen-bond acceptors (Lipinski definition) is 3. The molecule has 3 N–H and O–H groups in total. The van der Waals surface area contributed by atoms with Crippen molar-refractivity contribution in [3.63, 3.8) is 0 Å². The van der Waals surface area contributed by atoms with Crippen molar-refractivity contribution in [3.05, 3.63) is 0 Å². The van der Waals surface area contributed by atoms with Crippen LogP contribution in [0.1, 0.15) is 46.5 Å². The zero-order valence-corrected chi connectivity index (χ0v) is 11.5. The maximum atomic E-state index is 11.9. The molecule has 1 amide bonds. The predicted molar refractivity (Wildman–Crippen MR) is 70.8 cm³/mol. The minimum atomic E-state index is -0.152. The lowest BCUT2D eigenvalue weighted by Crippen LogP contribution is -2.49. The van der Waals surface area contributed by atoms with Gasteiger partial charge in [0.1, 0.15) is 0 Å². The first kappa shape index (κ1) is 14.5. The lowest BCUT2D eigenvalue weighted by atomic mass is 10.1. The fourth-order valence-electron chi connectivity index (χ4n) is 2.47. The first-order chi connectivity index (χ1) is 7.92. The van der Waals surface area contributed by atoms with Gasteiger partial charge in [-0.2, -0.15) is 0 Å². The topological polar surface area (TPSA) is 58.4 Å². The van der Waals surface area contributed by atoms with E-state index in [-0.39, 0.29) is 11.4 Å². The molecule has 4 heteroatoms. The summed E-state index contributed by atoms with van der Waals surface area (Å²) in [6, 6.07) is 0.560. The van der Waals surface area contributed by atoms with Gasteiger partial charge in [0, 0.05) is 24.7 Å². The smallest absolute Gasteiger partial charge is 0.234 e. The number of rotatable bonds is 5. The van der Waals surface area contributed by atoms with E-state index in [1.54, 1.807) is 0 Å². The van der Waals surface area contributed by atoms with Crippen molar-refractivity contribution >= 4 is 5.91 Å². The molecule has 0 atom stereocenters. The summed E-state index contributed by atoms with van der Waals surface area (Å²) >= 11 is 0. The van der Waals surface area contributed by atoms with E-state index in [1.807, 2.05) is 20.8 Å². The second-order valence-corrected chi connectivity index (χ2v) is 6.00. The van der Waals surface area contributed by atoms with Gasteiger partial charge in [0.15, 0.2) is 0 Å². The number of hydrogen-bond donors (Lipinski definition) is 2. The van der Waals surface area contributed by atoms with Gasteiger partial charge in [-0.25, -0.2) is 0 Å². The highest BCUT2D eigenvalue weighted by Gasteiger charge is 2.24. The molecule has 100 valence electrons. The molecule has 1 fully saturated rings. The summed E-state index contributed by atoms with van der Waals surface area (Å²) in [4.78, 5) is 14.2. The Morgan fingerprint density at radius 3 is 2.41 bits per heavy atom. The van der Waals surface area contributed by atoms with Crippen molar-refractivity contribution in [1.29, 1.82) is 0 Å². The number of amides is 1. The Morgan fingerprint density at radius 2 is 1.94 bits per heavy atom. The van der Waals surface area contributed by atoms with Gasteiger partial charge >= 0.3 is 0 Å². The van der Waals surface area contributed by atoms with Crippen LogP contribution < -0.4 is 11.1 Å². The number of nitrogens with one attached hydrogen (secondary N) is 1. The van der Waals surface area contributed by atoms with E-state index < -0.39 is 0 Å². The molecule has 0 aliphatic heterocycles. The van der Waals surface area contributed by atoms with Crippen LogP contribution in [-0.4, -0.2) is 42.0 Å². The molecular weight excluding hydrogens is 214 g/mol. The highest BCUT2D eigenvalue weighted by atomic mass is 16.2. The van der Waals surface area contributed by atoms with Crippen LogP contribution in [-0.2, 0) is 4.79 Å². The number of carbonyl (C=O) groups excluding carboxylic acids is 1. The highest BCUT2D eigenvalue weighted by molar-refractivity contribution is 5.78. The van der Waals surface area contributed by atoms with Crippen LogP contribution in [0, 0.1) is 0 Å². The van der Waals surface area contributed by atoms with Gasteiger partial charge in [-0.05, 0) is 33.6 Å². The van der Waals surface area contributed by atoms with Gasteiger partial charge in [0.25, 0.3) is 0 Å². The van der Waals surface area contributed by atoms with Gasteiger partial charge in [-0.1, -0.05) is 12.8 Å². The third-order valence-electron chi connectivity index (χ3n) is 3.12. The Morgan fingerprint density at radius 1 is 1.35 bits per heavy atom. The van der Waals surface area contributed by atoms with Crippen molar-refractivity contribution in [2.24, 2.45) is 5.73 Å². The van der Waals surface area contributed by atoms with Crippen LogP contribution in [0.25, 0.3) is 0 Å². The molecule has 0 aromatic rings. The fraction of sp³-hybridized carbons (Fsp3) is 0.923. The third kappa shape index (κ3) is 5.50. The standard InChI is InChI=1S/C13H27N3O/c1-13(2,3)15-12(17)10-16(9-8-14)11-6-4-5-7-11/h11H,4-10,14H2,1-3H3,(H,15,17). The summed E-state index contributed by atoms with van der Waals surface area (Å²) in [7, 11) is 0. The van der Waals surface area contributed by atoms with Crippen molar-refractivity contribution in [1.82, 2.24) is 10.2 Å².